The van der Waals surface area contributed by atoms with Crippen molar-refractivity contribution in [2.75, 3.05) is 0 Å². The number of thioether (sulfide) groups is 1. The monoisotopic (exact) mass is 349 g/mol. The van der Waals surface area contributed by atoms with Crippen LogP contribution in [-0.2, 0) is 5.75 Å². The first-order chi connectivity index (χ1) is 10.9. The van der Waals surface area contributed by atoms with Crippen LogP contribution in [-0.4, -0.2) is 25.2 Å². The van der Waals surface area contributed by atoms with Gasteiger partial charge in [-0.3, -0.25) is 0 Å². The second kappa shape index (κ2) is 6.47. The lowest BCUT2D eigenvalue weighted by Gasteiger charge is -2.10. The molecular formula is C14H15N5S3. The fraction of sp³-hybridized carbons (Fsp3) is 0.429. The fourth-order valence-corrected chi connectivity index (χ4v) is 5.26. The number of tetrazole rings is 1. The fourth-order valence-electron chi connectivity index (χ4n) is 2.68. The highest BCUT2D eigenvalue weighted by Gasteiger charge is 2.21. The van der Waals surface area contributed by atoms with Gasteiger partial charge < -0.3 is 0 Å². The molecule has 1 aliphatic carbocycles. The van der Waals surface area contributed by atoms with E-state index in [9.17, 15) is 0 Å². The Kier molecular flexibility index (Phi) is 4.22. The van der Waals surface area contributed by atoms with Crippen molar-refractivity contribution >= 4 is 34.4 Å². The molecule has 0 bridgehead atoms. The molecule has 0 radical (unpaired) electrons. The minimum Gasteiger partial charge on any atom is -0.239 e. The van der Waals surface area contributed by atoms with Crippen molar-refractivity contribution in [2.45, 2.75) is 42.6 Å². The molecule has 114 valence electrons. The molecule has 5 nitrogen and oxygen atoms in total. The molecule has 1 aliphatic rings. The molecule has 3 heterocycles. The number of thiophene rings is 1. The molecule has 3 aromatic rings. The van der Waals surface area contributed by atoms with Crippen LogP contribution in [0.2, 0.25) is 0 Å². The Hall–Kier alpha value is -1.25. The Morgan fingerprint density at radius 2 is 2.18 bits per heavy atom. The first-order valence-electron chi connectivity index (χ1n) is 7.29. The zero-order valence-electron chi connectivity index (χ0n) is 11.9. The molecule has 0 spiro atoms. The number of nitrogens with zero attached hydrogens (tertiary/aromatic N) is 5. The van der Waals surface area contributed by atoms with Crippen LogP contribution in [0.3, 0.4) is 0 Å². The van der Waals surface area contributed by atoms with Gasteiger partial charge in [0.05, 0.1) is 16.6 Å². The summed E-state index contributed by atoms with van der Waals surface area (Å²) in [4.78, 5) is 5.94. The van der Waals surface area contributed by atoms with Gasteiger partial charge in [-0.05, 0) is 34.7 Å². The molecule has 8 heteroatoms. The maximum atomic E-state index is 4.71. The lowest BCUT2D eigenvalue weighted by atomic mass is 10.3. The first kappa shape index (κ1) is 14.3. The van der Waals surface area contributed by atoms with Crippen LogP contribution < -0.4 is 0 Å². The van der Waals surface area contributed by atoms with Crippen molar-refractivity contribution in [1.29, 1.82) is 0 Å². The molecule has 4 rings (SSSR count). The van der Waals surface area contributed by atoms with Crippen LogP contribution in [0.1, 0.15) is 37.4 Å². The van der Waals surface area contributed by atoms with Crippen LogP contribution in [0.15, 0.2) is 28.0 Å². The Bertz CT molecular complexity index is 727. The lowest BCUT2D eigenvalue weighted by molar-refractivity contribution is 0.423. The van der Waals surface area contributed by atoms with Gasteiger partial charge in [0, 0.05) is 11.1 Å². The predicted molar refractivity (Wildman–Crippen MR) is 90.3 cm³/mol. The van der Waals surface area contributed by atoms with Crippen molar-refractivity contribution in [3.8, 4) is 9.88 Å². The zero-order chi connectivity index (χ0) is 14.8. The highest BCUT2D eigenvalue weighted by molar-refractivity contribution is 7.98. The smallest absolute Gasteiger partial charge is 0.209 e. The summed E-state index contributed by atoms with van der Waals surface area (Å²) in [6, 6.07) is 4.65. The van der Waals surface area contributed by atoms with E-state index < -0.39 is 0 Å². The van der Waals surface area contributed by atoms with Gasteiger partial charge in [0.25, 0.3) is 0 Å². The van der Waals surface area contributed by atoms with Crippen molar-refractivity contribution in [1.82, 2.24) is 25.2 Å². The molecule has 1 saturated carbocycles. The second-order valence-corrected chi connectivity index (χ2v) is 8.00. The Morgan fingerprint density at radius 1 is 1.27 bits per heavy atom. The zero-order valence-corrected chi connectivity index (χ0v) is 14.3. The summed E-state index contributed by atoms with van der Waals surface area (Å²) in [5.41, 5.74) is 1.10. The minimum atomic E-state index is 0.481. The van der Waals surface area contributed by atoms with E-state index in [1.807, 2.05) is 4.68 Å². The molecule has 0 aliphatic heterocycles. The van der Waals surface area contributed by atoms with Crippen molar-refractivity contribution < 1.29 is 0 Å². The van der Waals surface area contributed by atoms with Crippen LogP contribution in [0.5, 0.6) is 0 Å². The number of rotatable bonds is 5. The van der Waals surface area contributed by atoms with Crippen LogP contribution >= 0.6 is 34.4 Å². The molecule has 3 aromatic heterocycles. The summed E-state index contributed by atoms with van der Waals surface area (Å²) < 4.78 is 2.00. The molecule has 0 amide bonds. The van der Waals surface area contributed by atoms with E-state index in [0.717, 1.165) is 21.6 Å². The molecule has 0 N–H and O–H groups in total. The van der Waals surface area contributed by atoms with Gasteiger partial charge in [-0.15, -0.1) is 27.8 Å². The quantitative estimate of drug-likeness (QED) is 0.644. The van der Waals surface area contributed by atoms with Gasteiger partial charge in [-0.25, -0.2) is 9.67 Å². The maximum Gasteiger partial charge on any atom is 0.209 e. The minimum absolute atomic E-state index is 0.481. The molecular weight excluding hydrogens is 334 g/mol. The van der Waals surface area contributed by atoms with E-state index in [-0.39, 0.29) is 0 Å². The Morgan fingerprint density at radius 3 is 3.00 bits per heavy atom. The number of hydrogen-bond donors (Lipinski definition) is 0. The molecule has 1 fully saturated rings. The third kappa shape index (κ3) is 2.95. The third-order valence-electron chi connectivity index (χ3n) is 3.77. The first-order valence-corrected chi connectivity index (χ1v) is 10.0. The predicted octanol–water partition coefficient (Wildman–Crippen LogP) is 4.27. The summed E-state index contributed by atoms with van der Waals surface area (Å²) >= 11 is 5.11. The molecule has 0 atom stereocenters. The van der Waals surface area contributed by atoms with Crippen molar-refractivity contribution in [3.05, 3.63) is 28.6 Å². The van der Waals surface area contributed by atoms with Crippen molar-refractivity contribution in [3.63, 3.8) is 0 Å². The van der Waals surface area contributed by atoms with Gasteiger partial charge in [0.1, 0.15) is 5.01 Å². The van der Waals surface area contributed by atoms with E-state index in [1.165, 1.54) is 30.6 Å². The highest BCUT2D eigenvalue weighted by atomic mass is 32.2. The third-order valence-corrected chi connectivity index (χ3v) is 6.66. The van der Waals surface area contributed by atoms with Crippen molar-refractivity contribution in [2.24, 2.45) is 0 Å². The van der Waals surface area contributed by atoms with Crippen LogP contribution in [0, 0.1) is 0 Å². The number of hydrogen-bond acceptors (Lipinski definition) is 7. The van der Waals surface area contributed by atoms with E-state index in [1.54, 1.807) is 34.4 Å². The Balaban J connectivity index is 1.44. The molecule has 22 heavy (non-hydrogen) atoms. The van der Waals surface area contributed by atoms with E-state index in [2.05, 4.69) is 38.4 Å². The Labute approximate surface area is 140 Å². The topological polar surface area (TPSA) is 56.5 Å². The van der Waals surface area contributed by atoms with E-state index in [4.69, 9.17) is 4.98 Å². The normalized spacial score (nSPS) is 15.6. The molecule has 0 saturated heterocycles. The largest absolute Gasteiger partial charge is 0.239 e. The van der Waals surface area contributed by atoms with E-state index in [0.29, 0.717) is 6.04 Å². The van der Waals surface area contributed by atoms with Crippen LogP contribution in [0.4, 0.5) is 0 Å². The maximum absolute atomic E-state index is 4.71. The average molecular weight is 350 g/mol. The summed E-state index contributed by atoms with van der Waals surface area (Å²) in [6.07, 6.45) is 4.95. The average Bonchev–Trinajstić information content (AvgIpc) is 3.33. The summed E-state index contributed by atoms with van der Waals surface area (Å²) in [5, 5.41) is 18.4. The summed E-state index contributed by atoms with van der Waals surface area (Å²) in [5.74, 6) is 0.814. The number of thiazole rings is 1. The highest BCUT2D eigenvalue weighted by Crippen LogP contribution is 2.33. The standard InChI is InChI=1S/C14H15N5S3/c1-2-5-11(4-1)19-14(16-17-18-19)22-9-10-8-21-13(15-10)12-6-3-7-20-12/h3,6-8,11H,1-2,4-5,9H2. The second-order valence-electron chi connectivity index (χ2n) is 5.25. The van der Waals surface area contributed by atoms with Gasteiger partial charge in [-0.1, -0.05) is 30.7 Å². The van der Waals surface area contributed by atoms with Gasteiger partial charge in [-0.2, -0.15) is 0 Å². The van der Waals surface area contributed by atoms with Gasteiger partial charge in [0.15, 0.2) is 0 Å². The molecule has 0 unspecified atom stereocenters. The van der Waals surface area contributed by atoms with E-state index >= 15 is 0 Å². The van der Waals surface area contributed by atoms with Gasteiger partial charge >= 0.3 is 0 Å². The summed E-state index contributed by atoms with van der Waals surface area (Å²) in [7, 11) is 0. The van der Waals surface area contributed by atoms with Crippen LogP contribution in [0.25, 0.3) is 9.88 Å². The summed E-state index contributed by atoms with van der Waals surface area (Å²) in [6.45, 7) is 0. The molecule has 0 aromatic carbocycles. The lowest BCUT2D eigenvalue weighted by Crippen LogP contribution is -2.08. The van der Waals surface area contributed by atoms with Gasteiger partial charge in [0.2, 0.25) is 5.16 Å². The number of aromatic nitrogens is 5. The SMILES string of the molecule is c1csc(-c2nc(CSc3nnnn3C3CCCC3)cs2)c1.